The minimum Gasteiger partial charge on any atom is -0.477 e. The highest BCUT2D eigenvalue weighted by Gasteiger charge is 2.21. The second-order valence-corrected chi connectivity index (χ2v) is 5.01. The zero-order chi connectivity index (χ0) is 13.8. The molecule has 0 spiro atoms. The number of anilines is 1. The molecule has 1 saturated carbocycles. The molecule has 0 aromatic carbocycles. The molecular weight excluding hydrogens is 244 g/mol. The van der Waals surface area contributed by atoms with Gasteiger partial charge in [-0.3, -0.25) is 4.79 Å². The third-order valence-electron chi connectivity index (χ3n) is 3.67. The number of carbonyl (C=O) groups excluding carboxylic acids is 1. The van der Waals surface area contributed by atoms with Gasteiger partial charge in [0.1, 0.15) is 5.69 Å². The van der Waals surface area contributed by atoms with E-state index in [4.69, 9.17) is 5.11 Å². The van der Waals surface area contributed by atoms with Crippen molar-refractivity contribution in [2.24, 2.45) is 5.92 Å². The van der Waals surface area contributed by atoms with E-state index in [0.29, 0.717) is 18.0 Å². The molecule has 1 aliphatic rings. The lowest BCUT2D eigenvalue weighted by Crippen LogP contribution is -2.27. The summed E-state index contributed by atoms with van der Waals surface area (Å²) in [6.07, 6.45) is 6.70. The molecule has 19 heavy (non-hydrogen) atoms. The van der Waals surface area contributed by atoms with Crippen LogP contribution >= 0.6 is 0 Å². The fourth-order valence-electron chi connectivity index (χ4n) is 2.45. The molecule has 0 bridgehead atoms. The molecule has 1 aromatic heterocycles. The number of aromatic nitrogens is 1. The van der Waals surface area contributed by atoms with Crippen molar-refractivity contribution in [3.63, 3.8) is 0 Å². The van der Waals surface area contributed by atoms with Gasteiger partial charge in [-0.15, -0.1) is 0 Å². The maximum atomic E-state index is 12.1. The van der Waals surface area contributed by atoms with Crippen LogP contribution in [0.5, 0.6) is 0 Å². The minimum atomic E-state index is -1.06. The van der Waals surface area contributed by atoms with Crippen molar-refractivity contribution in [1.29, 1.82) is 0 Å². The predicted molar refractivity (Wildman–Crippen MR) is 71.2 cm³/mol. The van der Waals surface area contributed by atoms with E-state index in [0.717, 1.165) is 12.8 Å². The Bertz CT molecular complexity index is 464. The Hall–Kier alpha value is -1.91. The highest BCUT2D eigenvalue weighted by Crippen LogP contribution is 2.28. The van der Waals surface area contributed by atoms with Gasteiger partial charge in [-0.1, -0.05) is 12.8 Å². The van der Waals surface area contributed by atoms with E-state index in [-0.39, 0.29) is 11.6 Å². The summed E-state index contributed by atoms with van der Waals surface area (Å²) in [5.41, 5.74) is 0.619. The van der Waals surface area contributed by atoms with E-state index >= 15 is 0 Å². The van der Waals surface area contributed by atoms with Gasteiger partial charge in [0.05, 0.1) is 11.9 Å². The Kier molecular flexibility index (Phi) is 4.14. The quantitative estimate of drug-likeness (QED) is 0.904. The molecule has 5 heteroatoms. The summed E-state index contributed by atoms with van der Waals surface area (Å²) in [6.45, 7) is 0. The van der Waals surface area contributed by atoms with E-state index < -0.39 is 5.97 Å². The van der Waals surface area contributed by atoms with Crippen molar-refractivity contribution in [1.82, 2.24) is 4.98 Å². The number of carbonyl (C=O) groups is 2. The number of nitrogens with zero attached hydrogens (tertiary/aromatic N) is 2. The van der Waals surface area contributed by atoms with Crippen LogP contribution in [0.15, 0.2) is 18.3 Å². The van der Waals surface area contributed by atoms with Gasteiger partial charge in [-0.05, 0) is 30.9 Å². The van der Waals surface area contributed by atoms with E-state index in [2.05, 4.69) is 4.98 Å². The molecule has 0 atom stereocenters. The lowest BCUT2D eigenvalue weighted by Gasteiger charge is -2.19. The van der Waals surface area contributed by atoms with Crippen LogP contribution in [-0.4, -0.2) is 29.0 Å². The van der Waals surface area contributed by atoms with Gasteiger partial charge in [0.15, 0.2) is 0 Å². The first-order valence-corrected chi connectivity index (χ1v) is 6.54. The number of amides is 1. The fourth-order valence-corrected chi connectivity index (χ4v) is 2.45. The van der Waals surface area contributed by atoms with Gasteiger partial charge in [0.2, 0.25) is 5.91 Å². The van der Waals surface area contributed by atoms with Crippen LogP contribution < -0.4 is 4.90 Å². The molecule has 102 valence electrons. The van der Waals surface area contributed by atoms with Gasteiger partial charge < -0.3 is 10.0 Å². The summed E-state index contributed by atoms with van der Waals surface area (Å²) in [7, 11) is 1.70. The second kappa shape index (κ2) is 5.82. The topological polar surface area (TPSA) is 70.5 Å². The molecule has 2 rings (SSSR count). The highest BCUT2D eigenvalue weighted by molar-refractivity contribution is 5.93. The molecule has 0 radical (unpaired) electrons. The van der Waals surface area contributed by atoms with E-state index in [1.54, 1.807) is 18.0 Å². The van der Waals surface area contributed by atoms with Crippen molar-refractivity contribution in [2.75, 3.05) is 11.9 Å². The molecule has 0 saturated heterocycles. The van der Waals surface area contributed by atoms with Crippen molar-refractivity contribution in [3.8, 4) is 0 Å². The van der Waals surface area contributed by atoms with Crippen LogP contribution in [0.25, 0.3) is 0 Å². The van der Waals surface area contributed by atoms with Crippen LogP contribution in [-0.2, 0) is 4.79 Å². The third-order valence-corrected chi connectivity index (χ3v) is 3.67. The second-order valence-electron chi connectivity index (χ2n) is 5.01. The van der Waals surface area contributed by atoms with E-state index in [9.17, 15) is 9.59 Å². The van der Waals surface area contributed by atoms with Gasteiger partial charge in [0, 0.05) is 13.5 Å². The van der Waals surface area contributed by atoms with Crippen LogP contribution in [0.4, 0.5) is 5.69 Å². The summed E-state index contributed by atoms with van der Waals surface area (Å²) in [6, 6.07) is 3.03. The van der Waals surface area contributed by atoms with Gasteiger partial charge in [0.25, 0.3) is 0 Å². The molecular formula is C14H18N2O3. The van der Waals surface area contributed by atoms with Crippen molar-refractivity contribution in [2.45, 2.75) is 32.1 Å². The molecule has 1 heterocycles. The van der Waals surface area contributed by atoms with Crippen molar-refractivity contribution >= 4 is 17.6 Å². The standard InChI is InChI=1S/C14H18N2O3/c1-16(13(17)8-10-4-2-3-5-10)11-6-7-12(14(18)19)15-9-11/h6-7,9-10H,2-5,8H2,1H3,(H,18,19). The molecule has 1 fully saturated rings. The first kappa shape index (κ1) is 13.5. The Morgan fingerprint density at radius 3 is 2.58 bits per heavy atom. The fraction of sp³-hybridized carbons (Fsp3) is 0.500. The Morgan fingerprint density at radius 2 is 2.05 bits per heavy atom. The number of aromatic carboxylic acids is 1. The zero-order valence-electron chi connectivity index (χ0n) is 11.0. The van der Waals surface area contributed by atoms with Crippen LogP contribution in [0.1, 0.15) is 42.6 Å². The molecule has 0 unspecified atom stereocenters. The first-order valence-electron chi connectivity index (χ1n) is 6.54. The number of carboxylic acids is 1. The van der Waals surface area contributed by atoms with Gasteiger partial charge >= 0.3 is 5.97 Å². The Balaban J connectivity index is 1.99. The summed E-state index contributed by atoms with van der Waals surface area (Å²) >= 11 is 0. The Labute approximate surface area is 112 Å². The van der Waals surface area contributed by atoms with Crippen molar-refractivity contribution < 1.29 is 14.7 Å². The van der Waals surface area contributed by atoms with E-state index in [1.807, 2.05) is 0 Å². The highest BCUT2D eigenvalue weighted by atomic mass is 16.4. The molecule has 1 aliphatic carbocycles. The Morgan fingerprint density at radius 1 is 1.37 bits per heavy atom. The number of hydrogen-bond acceptors (Lipinski definition) is 3. The van der Waals surface area contributed by atoms with Crippen molar-refractivity contribution in [3.05, 3.63) is 24.0 Å². The minimum absolute atomic E-state index is 0.0135. The number of rotatable bonds is 4. The van der Waals surface area contributed by atoms with Gasteiger partial charge in [-0.25, -0.2) is 9.78 Å². The molecule has 1 amide bonds. The summed E-state index contributed by atoms with van der Waals surface area (Å²) < 4.78 is 0. The largest absolute Gasteiger partial charge is 0.477 e. The maximum Gasteiger partial charge on any atom is 0.354 e. The lowest BCUT2D eigenvalue weighted by atomic mass is 10.0. The third kappa shape index (κ3) is 3.30. The summed E-state index contributed by atoms with van der Waals surface area (Å²) in [5.74, 6) is -0.496. The average Bonchev–Trinajstić information content (AvgIpc) is 2.90. The molecule has 0 aliphatic heterocycles. The smallest absolute Gasteiger partial charge is 0.354 e. The van der Waals surface area contributed by atoms with Crippen LogP contribution in [0.3, 0.4) is 0 Å². The SMILES string of the molecule is CN(C(=O)CC1CCCC1)c1ccc(C(=O)O)nc1. The van der Waals surface area contributed by atoms with Crippen LogP contribution in [0.2, 0.25) is 0 Å². The zero-order valence-corrected chi connectivity index (χ0v) is 11.0. The molecule has 5 nitrogen and oxygen atoms in total. The van der Waals surface area contributed by atoms with Crippen LogP contribution in [0, 0.1) is 5.92 Å². The maximum absolute atomic E-state index is 12.1. The number of pyridine rings is 1. The summed E-state index contributed by atoms with van der Waals surface area (Å²) in [4.78, 5) is 28.2. The monoisotopic (exact) mass is 262 g/mol. The van der Waals surface area contributed by atoms with E-state index in [1.165, 1.54) is 25.1 Å². The predicted octanol–water partition coefficient (Wildman–Crippen LogP) is 2.32. The number of carboxylic acid groups (broad SMARTS) is 1. The summed E-state index contributed by atoms with van der Waals surface area (Å²) in [5, 5.41) is 8.77. The first-order chi connectivity index (χ1) is 9.08. The molecule has 1 aromatic rings. The lowest BCUT2D eigenvalue weighted by molar-refractivity contribution is -0.119. The molecule has 1 N–H and O–H groups in total. The number of hydrogen-bond donors (Lipinski definition) is 1. The average molecular weight is 262 g/mol. The normalized spacial score (nSPS) is 15.4. The van der Waals surface area contributed by atoms with Gasteiger partial charge in [-0.2, -0.15) is 0 Å².